The van der Waals surface area contributed by atoms with Crippen molar-refractivity contribution in [2.24, 2.45) is 0 Å². The lowest BCUT2D eigenvalue weighted by Crippen LogP contribution is -2.37. The average molecular weight is 197 g/mol. The number of carboxylic acids is 1. The van der Waals surface area contributed by atoms with E-state index in [1.807, 2.05) is 0 Å². The fourth-order valence-electron chi connectivity index (χ4n) is 0.757. The Morgan fingerprint density at radius 2 is 1.71 bits per heavy atom. The van der Waals surface area contributed by atoms with E-state index >= 15 is 0 Å². The summed E-state index contributed by atoms with van der Waals surface area (Å²) >= 11 is 0. The molecule has 1 amide bonds. The molecule has 0 rings (SSSR count). The maximum atomic E-state index is 11.1. The van der Waals surface area contributed by atoms with Gasteiger partial charge in [-0.1, -0.05) is 13.2 Å². The number of ketones is 1. The van der Waals surface area contributed by atoms with Crippen LogP contribution in [-0.2, 0) is 14.4 Å². The summed E-state index contributed by atoms with van der Waals surface area (Å²) in [5.74, 6) is -2.19. The molecule has 14 heavy (non-hydrogen) atoms. The number of rotatable bonds is 6. The minimum atomic E-state index is -1.18. The van der Waals surface area contributed by atoms with Crippen molar-refractivity contribution in [2.75, 3.05) is 13.1 Å². The van der Waals surface area contributed by atoms with Gasteiger partial charge in [0.2, 0.25) is 5.91 Å². The molecule has 0 spiro atoms. The van der Waals surface area contributed by atoms with E-state index in [-0.39, 0.29) is 6.54 Å². The topological polar surface area (TPSA) is 74.7 Å². The maximum absolute atomic E-state index is 11.1. The Morgan fingerprint density at radius 3 is 2.07 bits per heavy atom. The van der Waals surface area contributed by atoms with E-state index in [0.29, 0.717) is 0 Å². The first-order chi connectivity index (χ1) is 6.51. The van der Waals surface area contributed by atoms with Crippen LogP contribution in [0.2, 0.25) is 0 Å². The molecule has 0 aliphatic rings. The van der Waals surface area contributed by atoms with E-state index in [1.54, 1.807) is 0 Å². The average Bonchev–Trinajstić information content (AvgIpc) is 2.14. The van der Waals surface area contributed by atoms with Crippen molar-refractivity contribution >= 4 is 17.7 Å². The summed E-state index contributed by atoms with van der Waals surface area (Å²) in [7, 11) is 0. The second kappa shape index (κ2) is 5.69. The minimum absolute atomic E-state index is 0.291. The Labute approximate surface area is 81.3 Å². The first-order valence-corrected chi connectivity index (χ1v) is 3.79. The van der Waals surface area contributed by atoms with Crippen molar-refractivity contribution in [2.45, 2.75) is 0 Å². The van der Waals surface area contributed by atoms with Crippen LogP contribution in [0, 0.1) is 0 Å². The number of nitrogens with zero attached hydrogens (tertiary/aromatic N) is 1. The van der Waals surface area contributed by atoms with Crippen LogP contribution in [0.5, 0.6) is 0 Å². The zero-order chi connectivity index (χ0) is 11.1. The molecular formula is C9H11NO4. The first-order valence-electron chi connectivity index (χ1n) is 3.79. The Bertz CT molecular complexity index is 283. The zero-order valence-corrected chi connectivity index (χ0v) is 7.60. The molecule has 76 valence electrons. The second-order valence-corrected chi connectivity index (χ2v) is 2.46. The predicted octanol–water partition coefficient (Wildman–Crippen LogP) is -0.159. The van der Waals surface area contributed by atoms with E-state index < -0.39 is 24.2 Å². The molecule has 0 unspecified atom stereocenters. The first kappa shape index (κ1) is 12.1. The second-order valence-electron chi connectivity index (χ2n) is 2.46. The van der Waals surface area contributed by atoms with Gasteiger partial charge in [0.25, 0.3) is 0 Å². The molecule has 0 aliphatic carbocycles. The minimum Gasteiger partial charge on any atom is -0.480 e. The van der Waals surface area contributed by atoms with Gasteiger partial charge in [0.15, 0.2) is 5.78 Å². The van der Waals surface area contributed by atoms with Crippen molar-refractivity contribution in [1.29, 1.82) is 0 Å². The fraction of sp³-hybridized carbons (Fsp3) is 0.222. The molecule has 0 aliphatic heterocycles. The van der Waals surface area contributed by atoms with E-state index in [1.165, 1.54) is 0 Å². The largest absolute Gasteiger partial charge is 0.480 e. The van der Waals surface area contributed by atoms with Crippen molar-refractivity contribution < 1.29 is 19.5 Å². The molecule has 1 N–H and O–H groups in total. The number of hydrogen-bond acceptors (Lipinski definition) is 3. The molecular weight excluding hydrogens is 186 g/mol. The Kier molecular flexibility index (Phi) is 4.91. The highest BCUT2D eigenvalue weighted by atomic mass is 16.4. The van der Waals surface area contributed by atoms with Gasteiger partial charge < -0.3 is 10.0 Å². The number of carboxylic acid groups (broad SMARTS) is 1. The number of amides is 1. The van der Waals surface area contributed by atoms with Gasteiger partial charge in [0.05, 0.1) is 6.54 Å². The maximum Gasteiger partial charge on any atom is 0.323 e. The lowest BCUT2D eigenvalue weighted by Gasteiger charge is -2.16. The van der Waals surface area contributed by atoms with E-state index in [9.17, 15) is 14.4 Å². The summed E-state index contributed by atoms with van der Waals surface area (Å²) in [6.45, 7) is 5.60. The number of carbonyl (C=O) groups excluding carboxylic acids is 2. The van der Waals surface area contributed by atoms with Crippen LogP contribution in [0.25, 0.3) is 0 Å². The van der Waals surface area contributed by atoms with Crippen molar-refractivity contribution in [3.8, 4) is 0 Å². The summed E-state index contributed by atoms with van der Waals surface area (Å²) < 4.78 is 0. The number of aliphatic carboxylic acids is 1. The molecule has 0 aromatic heterocycles. The van der Waals surface area contributed by atoms with Crippen LogP contribution >= 0.6 is 0 Å². The predicted molar refractivity (Wildman–Crippen MR) is 49.6 cm³/mol. The molecule has 0 bridgehead atoms. The molecule has 0 fully saturated rings. The van der Waals surface area contributed by atoms with E-state index in [2.05, 4.69) is 13.2 Å². The smallest absolute Gasteiger partial charge is 0.323 e. The molecule has 0 aromatic rings. The van der Waals surface area contributed by atoms with Gasteiger partial charge >= 0.3 is 5.97 Å². The highest BCUT2D eigenvalue weighted by Crippen LogP contribution is 1.92. The summed E-state index contributed by atoms with van der Waals surface area (Å²) in [5.41, 5.74) is 0. The molecule has 0 heterocycles. The summed E-state index contributed by atoms with van der Waals surface area (Å²) in [4.78, 5) is 33.2. The Balaban J connectivity index is 4.46. The number of carbonyl (C=O) groups is 3. The van der Waals surface area contributed by atoms with Crippen LogP contribution in [-0.4, -0.2) is 40.8 Å². The van der Waals surface area contributed by atoms with Crippen LogP contribution in [0.1, 0.15) is 0 Å². The van der Waals surface area contributed by atoms with Crippen LogP contribution in [0.15, 0.2) is 25.3 Å². The molecule has 5 nitrogen and oxygen atoms in total. The highest BCUT2D eigenvalue weighted by molar-refractivity contribution is 5.97. The normalized spacial score (nSPS) is 8.86. The van der Waals surface area contributed by atoms with Crippen LogP contribution in [0.3, 0.4) is 0 Å². The third kappa shape index (κ3) is 4.20. The van der Waals surface area contributed by atoms with E-state index in [4.69, 9.17) is 5.11 Å². The van der Waals surface area contributed by atoms with Gasteiger partial charge in [-0.15, -0.1) is 0 Å². The third-order valence-corrected chi connectivity index (χ3v) is 1.39. The van der Waals surface area contributed by atoms with Crippen molar-refractivity contribution in [3.63, 3.8) is 0 Å². The van der Waals surface area contributed by atoms with Gasteiger partial charge in [-0.3, -0.25) is 14.4 Å². The number of hydrogen-bond donors (Lipinski definition) is 1. The van der Waals surface area contributed by atoms with E-state index in [0.717, 1.165) is 17.1 Å². The lowest BCUT2D eigenvalue weighted by atomic mass is 10.3. The van der Waals surface area contributed by atoms with Gasteiger partial charge in [0, 0.05) is 0 Å². The zero-order valence-electron chi connectivity index (χ0n) is 7.60. The van der Waals surface area contributed by atoms with Gasteiger partial charge in [-0.05, 0) is 12.2 Å². The quantitative estimate of drug-likeness (QED) is 0.600. The molecule has 0 saturated carbocycles. The molecule has 5 heteroatoms. The van der Waals surface area contributed by atoms with Crippen molar-refractivity contribution in [3.05, 3.63) is 25.3 Å². The van der Waals surface area contributed by atoms with Crippen LogP contribution in [0.4, 0.5) is 0 Å². The Hall–Kier alpha value is -1.91. The summed E-state index contributed by atoms with van der Waals surface area (Å²) in [6.07, 6.45) is 1.99. The Morgan fingerprint density at radius 1 is 1.14 bits per heavy atom. The molecule has 0 radical (unpaired) electrons. The molecule has 0 aromatic carbocycles. The van der Waals surface area contributed by atoms with Crippen LogP contribution < -0.4 is 0 Å². The van der Waals surface area contributed by atoms with Crippen molar-refractivity contribution in [1.82, 2.24) is 4.90 Å². The lowest BCUT2D eigenvalue weighted by molar-refractivity contribution is -0.143. The highest BCUT2D eigenvalue weighted by Gasteiger charge is 2.15. The molecule has 0 saturated heterocycles. The fourth-order valence-corrected chi connectivity index (χ4v) is 0.757. The third-order valence-electron chi connectivity index (χ3n) is 1.39. The summed E-state index contributed by atoms with van der Waals surface area (Å²) in [6, 6.07) is 0. The molecule has 0 atom stereocenters. The van der Waals surface area contributed by atoms with Gasteiger partial charge in [0.1, 0.15) is 6.54 Å². The van der Waals surface area contributed by atoms with Gasteiger partial charge in [-0.25, -0.2) is 0 Å². The van der Waals surface area contributed by atoms with Gasteiger partial charge in [-0.2, -0.15) is 0 Å². The summed E-state index contributed by atoms with van der Waals surface area (Å²) in [5, 5.41) is 8.45. The SMILES string of the molecule is C=CC(=O)CN(CC(=O)O)C(=O)C=C. The standard InChI is InChI=1S/C9H11NO4/c1-3-7(11)5-10(6-9(13)14)8(12)4-2/h3-4H,1-2,5-6H2,(H,13,14). The monoisotopic (exact) mass is 197 g/mol.